The highest BCUT2D eigenvalue weighted by atomic mass is 16.4. The van der Waals surface area contributed by atoms with Crippen molar-refractivity contribution in [2.24, 2.45) is 5.73 Å². The monoisotopic (exact) mass is 257 g/mol. The number of nitrogens with two attached hydrogens (primary N) is 1. The zero-order valence-electron chi connectivity index (χ0n) is 10.4. The number of rotatable bonds is 5. The number of urea groups is 1. The molecule has 102 valence electrons. The SMILES string of the molecule is CC1CCCN1C(=O)N[C@H](CCC(N)=O)C(=O)O. The normalized spacial score (nSPS) is 20.5. The van der Waals surface area contributed by atoms with Crippen LogP contribution in [0.25, 0.3) is 0 Å². The maximum absolute atomic E-state index is 11.9. The van der Waals surface area contributed by atoms with Crippen molar-refractivity contribution in [3.8, 4) is 0 Å². The van der Waals surface area contributed by atoms with Crippen LogP contribution >= 0.6 is 0 Å². The summed E-state index contributed by atoms with van der Waals surface area (Å²) in [7, 11) is 0. The average Bonchev–Trinajstić information content (AvgIpc) is 2.69. The molecule has 4 N–H and O–H groups in total. The Hall–Kier alpha value is -1.79. The standard InChI is InChI=1S/C11H19N3O4/c1-7-3-2-6-14(7)11(18)13-8(10(16)17)4-5-9(12)15/h7-8H,2-6H2,1H3,(H2,12,15)(H,13,18)(H,16,17)/t7?,8-/m1/s1. The molecule has 0 spiro atoms. The Balaban J connectivity index is 2.52. The number of likely N-dealkylation sites (tertiary alicyclic amines) is 1. The molecule has 0 aliphatic carbocycles. The number of carboxylic acids is 1. The van der Waals surface area contributed by atoms with Crippen LogP contribution < -0.4 is 11.1 Å². The van der Waals surface area contributed by atoms with Gasteiger partial charge in [0.25, 0.3) is 0 Å². The molecule has 0 aromatic rings. The number of nitrogens with one attached hydrogen (secondary N) is 1. The van der Waals surface area contributed by atoms with E-state index in [1.165, 1.54) is 0 Å². The van der Waals surface area contributed by atoms with Crippen molar-refractivity contribution in [3.63, 3.8) is 0 Å². The zero-order valence-corrected chi connectivity index (χ0v) is 10.4. The molecular weight excluding hydrogens is 238 g/mol. The molecule has 1 saturated heterocycles. The smallest absolute Gasteiger partial charge is 0.326 e. The second-order valence-corrected chi connectivity index (χ2v) is 4.53. The molecule has 0 saturated carbocycles. The third-order valence-electron chi connectivity index (χ3n) is 3.09. The van der Waals surface area contributed by atoms with Crippen LogP contribution in [-0.4, -0.2) is 46.5 Å². The molecule has 0 bridgehead atoms. The fourth-order valence-corrected chi connectivity index (χ4v) is 2.01. The lowest BCUT2D eigenvalue weighted by Gasteiger charge is -2.24. The topological polar surface area (TPSA) is 113 Å². The van der Waals surface area contributed by atoms with Gasteiger partial charge >= 0.3 is 12.0 Å². The number of hydrogen-bond acceptors (Lipinski definition) is 3. The summed E-state index contributed by atoms with van der Waals surface area (Å²) in [4.78, 5) is 35.0. The van der Waals surface area contributed by atoms with Gasteiger partial charge in [-0.15, -0.1) is 0 Å². The van der Waals surface area contributed by atoms with E-state index in [9.17, 15) is 14.4 Å². The van der Waals surface area contributed by atoms with Crippen molar-refractivity contribution >= 4 is 17.9 Å². The molecule has 3 amide bonds. The zero-order chi connectivity index (χ0) is 13.7. The third kappa shape index (κ3) is 3.90. The Kier molecular flexibility index (Phi) is 4.94. The third-order valence-corrected chi connectivity index (χ3v) is 3.09. The first kappa shape index (κ1) is 14.3. The minimum Gasteiger partial charge on any atom is -0.480 e. The number of carbonyl (C=O) groups excluding carboxylic acids is 2. The second kappa shape index (κ2) is 6.23. The number of primary amides is 1. The van der Waals surface area contributed by atoms with E-state index < -0.39 is 23.9 Å². The molecular formula is C11H19N3O4. The molecule has 18 heavy (non-hydrogen) atoms. The van der Waals surface area contributed by atoms with Gasteiger partial charge in [-0.1, -0.05) is 0 Å². The minimum absolute atomic E-state index is 0.0125. The van der Waals surface area contributed by atoms with Crippen LogP contribution in [0, 0.1) is 0 Å². The Morgan fingerprint density at radius 2 is 2.17 bits per heavy atom. The van der Waals surface area contributed by atoms with Crippen LogP contribution in [0.1, 0.15) is 32.6 Å². The lowest BCUT2D eigenvalue weighted by atomic mass is 10.1. The van der Waals surface area contributed by atoms with Crippen molar-refractivity contribution in [1.29, 1.82) is 0 Å². The van der Waals surface area contributed by atoms with E-state index >= 15 is 0 Å². The summed E-state index contributed by atoms with van der Waals surface area (Å²) >= 11 is 0. The number of hydrogen-bond donors (Lipinski definition) is 3. The van der Waals surface area contributed by atoms with E-state index in [4.69, 9.17) is 10.8 Å². The van der Waals surface area contributed by atoms with E-state index in [2.05, 4.69) is 5.32 Å². The first-order valence-corrected chi connectivity index (χ1v) is 6.00. The van der Waals surface area contributed by atoms with Gasteiger partial charge in [-0.3, -0.25) is 4.79 Å². The largest absolute Gasteiger partial charge is 0.480 e. The highest BCUT2D eigenvalue weighted by Gasteiger charge is 2.28. The van der Waals surface area contributed by atoms with Gasteiger partial charge in [0, 0.05) is 19.0 Å². The maximum Gasteiger partial charge on any atom is 0.326 e. The van der Waals surface area contributed by atoms with Crippen molar-refractivity contribution < 1.29 is 19.5 Å². The van der Waals surface area contributed by atoms with Crippen LogP contribution in [0.4, 0.5) is 4.79 Å². The molecule has 1 aliphatic rings. The number of carboxylic acid groups (broad SMARTS) is 1. The predicted octanol–water partition coefficient (Wildman–Crippen LogP) is -0.101. The second-order valence-electron chi connectivity index (χ2n) is 4.53. The lowest BCUT2D eigenvalue weighted by Crippen LogP contribution is -2.49. The van der Waals surface area contributed by atoms with Crippen molar-refractivity contribution in [1.82, 2.24) is 10.2 Å². The van der Waals surface area contributed by atoms with E-state index in [1.807, 2.05) is 6.92 Å². The van der Waals surface area contributed by atoms with Crippen molar-refractivity contribution in [2.75, 3.05) is 6.54 Å². The molecule has 1 aliphatic heterocycles. The molecule has 1 rings (SSSR count). The van der Waals surface area contributed by atoms with Gasteiger partial charge < -0.3 is 21.1 Å². The van der Waals surface area contributed by atoms with Crippen LogP contribution in [0.15, 0.2) is 0 Å². The summed E-state index contributed by atoms with van der Waals surface area (Å²) in [6.45, 7) is 2.56. The summed E-state index contributed by atoms with van der Waals surface area (Å²) in [6, 6.07) is -1.34. The fraction of sp³-hybridized carbons (Fsp3) is 0.727. The molecule has 1 fully saturated rings. The number of nitrogens with zero attached hydrogens (tertiary/aromatic N) is 1. The molecule has 1 heterocycles. The maximum atomic E-state index is 11.9. The van der Waals surface area contributed by atoms with Crippen LogP contribution in [0.3, 0.4) is 0 Å². The fourth-order valence-electron chi connectivity index (χ4n) is 2.01. The summed E-state index contributed by atoms with van der Waals surface area (Å²) in [5.74, 6) is -1.73. The molecule has 0 aromatic heterocycles. The highest BCUT2D eigenvalue weighted by Crippen LogP contribution is 2.16. The predicted molar refractivity (Wildman–Crippen MR) is 63.8 cm³/mol. The summed E-state index contributed by atoms with van der Waals surface area (Å²) in [6.07, 6.45) is 1.80. The van der Waals surface area contributed by atoms with Gasteiger partial charge in [0.05, 0.1) is 0 Å². The first-order chi connectivity index (χ1) is 8.41. The quantitative estimate of drug-likeness (QED) is 0.638. The van der Waals surface area contributed by atoms with E-state index in [0.717, 1.165) is 12.8 Å². The van der Waals surface area contributed by atoms with Gasteiger partial charge in [0.1, 0.15) is 6.04 Å². The van der Waals surface area contributed by atoms with Crippen molar-refractivity contribution in [2.45, 2.75) is 44.7 Å². The van der Waals surface area contributed by atoms with E-state index in [0.29, 0.717) is 6.54 Å². The first-order valence-electron chi connectivity index (χ1n) is 6.00. The lowest BCUT2D eigenvalue weighted by molar-refractivity contribution is -0.139. The van der Waals surface area contributed by atoms with Crippen LogP contribution in [-0.2, 0) is 9.59 Å². The minimum atomic E-state index is -1.16. The van der Waals surface area contributed by atoms with Crippen LogP contribution in [0.5, 0.6) is 0 Å². The number of amides is 3. The van der Waals surface area contributed by atoms with Crippen LogP contribution in [0.2, 0.25) is 0 Å². The molecule has 0 radical (unpaired) electrons. The van der Waals surface area contributed by atoms with E-state index in [1.54, 1.807) is 4.90 Å². The number of carbonyl (C=O) groups is 3. The van der Waals surface area contributed by atoms with Gasteiger partial charge in [0.2, 0.25) is 5.91 Å². The number of aliphatic carboxylic acids is 1. The summed E-state index contributed by atoms with van der Waals surface area (Å²) < 4.78 is 0. The molecule has 2 atom stereocenters. The Labute approximate surface area is 105 Å². The Morgan fingerprint density at radius 3 is 2.61 bits per heavy atom. The Bertz CT molecular complexity index is 345. The Morgan fingerprint density at radius 1 is 1.50 bits per heavy atom. The molecule has 7 heteroatoms. The van der Waals surface area contributed by atoms with Gasteiger partial charge in [-0.25, -0.2) is 9.59 Å². The summed E-state index contributed by atoms with van der Waals surface area (Å²) in [5.41, 5.74) is 4.96. The highest BCUT2D eigenvalue weighted by molar-refractivity contribution is 5.83. The van der Waals surface area contributed by atoms with E-state index in [-0.39, 0.29) is 18.9 Å². The average molecular weight is 257 g/mol. The van der Waals surface area contributed by atoms with Gasteiger partial charge in [0.15, 0.2) is 0 Å². The molecule has 0 aromatic carbocycles. The summed E-state index contributed by atoms with van der Waals surface area (Å²) in [5, 5.41) is 11.4. The van der Waals surface area contributed by atoms with Gasteiger partial charge in [-0.2, -0.15) is 0 Å². The van der Waals surface area contributed by atoms with Crippen molar-refractivity contribution in [3.05, 3.63) is 0 Å². The molecule has 7 nitrogen and oxygen atoms in total. The van der Waals surface area contributed by atoms with Gasteiger partial charge in [-0.05, 0) is 26.2 Å². The molecule has 1 unspecified atom stereocenters.